The first-order valence-corrected chi connectivity index (χ1v) is 9.38. The molecule has 12 heteroatoms. The van der Waals surface area contributed by atoms with Crippen LogP contribution in [0.5, 0.6) is 5.75 Å². The summed E-state index contributed by atoms with van der Waals surface area (Å²) in [5.41, 5.74) is 4.08. The molecule has 0 bridgehead atoms. The number of halogens is 3. The third-order valence-electron chi connectivity index (χ3n) is 6.44. The molecule has 0 saturated heterocycles. The van der Waals surface area contributed by atoms with E-state index in [1.54, 1.807) is 0 Å². The third kappa shape index (κ3) is 2.62. The lowest BCUT2D eigenvalue weighted by molar-refractivity contribution is -0.145. The summed E-state index contributed by atoms with van der Waals surface area (Å²) in [6.07, 6.45) is -5.69. The lowest BCUT2D eigenvalue weighted by Gasteiger charge is -2.47. The summed E-state index contributed by atoms with van der Waals surface area (Å²) in [6, 6.07) is -0.267. The number of carbonyl (C=O) groups excluding carboxylic acids is 3. The number of nitrogens with two attached hydrogens (primary N) is 2. The highest BCUT2D eigenvalue weighted by Gasteiger charge is 2.62. The van der Waals surface area contributed by atoms with Crippen molar-refractivity contribution < 1.29 is 48.0 Å². The summed E-state index contributed by atoms with van der Waals surface area (Å²) in [6.45, 7) is 0. The predicted molar refractivity (Wildman–Crippen MR) is 99.2 cm³/mol. The number of allylic oxidation sites excluding steroid dienone is 1. The Morgan fingerprint density at radius 1 is 1.16 bits per heavy atom. The van der Waals surface area contributed by atoms with E-state index in [-0.39, 0.29) is 6.42 Å². The molecule has 4 atom stereocenters. The third-order valence-corrected chi connectivity index (χ3v) is 6.44. The van der Waals surface area contributed by atoms with E-state index in [1.807, 2.05) is 0 Å². The normalized spacial score (nSPS) is 30.1. The number of primary amides is 1. The van der Waals surface area contributed by atoms with Gasteiger partial charge in [-0.25, -0.2) is 0 Å². The van der Waals surface area contributed by atoms with Gasteiger partial charge in [0.05, 0.1) is 17.2 Å². The van der Waals surface area contributed by atoms with Crippen molar-refractivity contribution in [1.82, 2.24) is 0 Å². The number of benzene rings is 1. The number of carbonyl (C=O) groups is 3. The van der Waals surface area contributed by atoms with Gasteiger partial charge in [-0.1, -0.05) is 0 Å². The van der Waals surface area contributed by atoms with E-state index in [0.717, 1.165) is 0 Å². The lowest BCUT2D eigenvalue weighted by Crippen LogP contribution is -2.63. The molecular formula is C20H17F3N2O7. The van der Waals surface area contributed by atoms with E-state index >= 15 is 0 Å². The smallest absolute Gasteiger partial charge is 0.416 e. The molecule has 1 aromatic rings. The molecule has 3 aliphatic carbocycles. The zero-order chi connectivity index (χ0) is 23.9. The van der Waals surface area contributed by atoms with Crippen LogP contribution in [0.2, 0.25) is 0 Å². The number of aromatic hydroxyl groups is 1. The van der Waals surface area contributed by atoms with Crippen LogP contribution in [0, 0.1) is 11.8 Å². The number of hydrogen-bond acceptors (Lipinski definition) is 8. The standard InChI is InChI=1S/C20H17F3N2O7/c21-20(22,23)7-1-2-9(26)11-6(7)3-5-4-8-13(24)15(28)12(18(25)31)17(30)19(8,32)16(29)10(5)14(11)27/h1-2,5,8,13,26,28-29,32H,3-4,24H2,(H2,25,31)/t5-,8-,13-,19-/m0/s1. The van der Waals surface area contributed by atoms with Gasteiger partial charge in [-0.3, -0.25) is 14.4 Å². The number of rotatable bonds is 1. The summed E-state index contributed by atoms with van der Waals surface area (Å²) in [7, 11) is 0. The van der Waals surface area contributed by atoms with Gasteiger partial charge in [0.25, 0.3) is 5.91 Å². The number of alkyl halides is 3. The molecule has 0 unspecified atom stereocenters. The van der Waals surface area contributed by atoms with E-state index < -0.39 is 98.7 Å². The lowest BCUT2D eigenvalue weighted by atomic mass is 9.59. The predicted octanol–water partition coefficient (Wildman–Crippen LogP) is 0.536. The van der Waals surface area contributed by atoms with Crippen molar-refractivity contribution in [2.45, 2.75) is 30.7 Å². The van der Waals surface area contributed by atoms with Crippen molar-refractivity contribution >= 4 is 17.5 Å². The number of phenols is 1. The number of Topliss-reactive ketones (excluding diaryl/α,β-unsaturated/α-hetero) is 2. The van der Waals surface area contributed by atoms with Crippen LogP contribution in [0.3, 0.4) is 0 Å². The van der Waals surface area contributed by atoms with Gasteiger partial charge >= 0.3 is 6.18 Å². The van der Waals surface area contributed by atoms with Crippen LogP contribution in [0.25, 0.3) is 0 Å². The summed E-state index contributed by atoms with van der Waals surface area (Å²) < 4.78 is 40.5. The van der Waals surface area contributed by atoms with Crippen LogP contribution in [0.15, 0.2) is 34.8 Å². The quantitative estimate of drug-likeness (QED) is 0.332. The fourth-order valence-electron chi connectivity index (χ4n) is 4.98. The van der Waals surface area contributed by atoms with E-state index in [0.29, 0.717) is 12.1 Å². The molecule has 0 aliphatic heterocycles. The van der Waals surface area contributed by atoms with Crippen molar-refractivity contribution in [1.29, 1.82) is 0 Å². The van der Waals surface area contributed by atoms with E-state index in [2.05, 4.69) is 0 Å². The molecule has 3 aliphatic rings. The van der Waals surface area contributed by atoms with Crippen LogP contribution < -0.4 is 11.5 Å². The van der Waals surface area contributed by atoms with Crippen LogP contribution in [-0.2, 0) is 22.2 Å². The maximum Gasteiger partial charge on any atom is 0.416 e. The number of aliphatic hydroxyl groups excluding tert-OH is 2. The average Bonchev–Trinajstić information content (AvgIpc) is 2.67. The fourth-order valence-corrected chi connectivity index (χ4v) is 4.98. The average molecular weight is 454 g/mol. The van der Waals surface area contributed by atoms with E-state index in [1.165, 1.54) is 0 Å². The molecule has 8 N–H and O–H groups in total. The number of aliphatic hydroxyl groups is 3. The molecular weight excluding hydrogens is 437 g/mol. The first-order valence-electron chi connectivity index (χ1n) is 9.38. The van der Waals surface area contributed by atoms with Crippen molar-refractivity contribution in [3.8, 4) is 5.75 Å². The van der Waals surface area contributed by atoms with E-state index in [4.69, 9.17) is 11.5 Å². The number of ketones is 2. The van der Waals surface area contributed by atoms with Gasteiger partial charge in [-0.2, -0.15) is 13.2 Å². The van der Waals surface area contributed by atoms with Crippen LogP contribution in [0.4, 0.5) is 13.2 Å². The Hall–Kier alpha value is -3.38. The molecule has 4 rings (SSSR count). The fraction of sp³-hybridized carbons (Fsp3) is 0.350. The van der Waals surface area contributed by atoms with Gasteiger partial charge in [-0.05, 0) is 36.5 Å². The number of fused-ring (bicyclic) bond motifs is 3. The van der Waals surface area contributed by atoms with Crippen LogP contribution in [-0.4, -0.2) is 49.5 Å². The Bertz CT molecular complexity index is 1170. The van der Waals surface area contributed by atoms with Gasteiger partial charge in [0.1, 0.15) is 22.8 Å². The largest absolute Gasteiger partial charge is 0.510 e. The second-order valence-corrected chi connectivity index (χ2v) is 8.06. The number of phenolic OH excluding ortho intramolecular Hbond substituents is 1. The molecule has 1 amide bonds. The minimum absolute atomic E-state index is 0.378. The molecule has 0 spiro atoms. The van der Waals surface area contributed by atoms with Gasteiger partial charge in [0.2, 0.25) is 5.78 Å². The van der Waals surface area contributed by atoms with Gasteiger partial charge in [0.15, 0.2) is 11.4 Å². The van der Waals surface area contributed by atoms with Crippen molar-refractivity contribution in [3.63, 3.8) is 0 Å². The number of amides is 1. The highest BCUT2D eigenvalue weighted by Crippen LogP contribution is 2.52. The van der Waals surface area contributed by atoms with Gasteiger partial charge < -0.3 is 31.9 Å². The monoisotopic (exact) mass is 454 g/mol. The molecule has 0 radical (unpaired) electrons. The van der Waals surface area contributed by atoms with Gasteiger partial charge in [-0.15, -0.1) is 0 Å². The van der Waals surface area contributed by atoms with Crippen LogP contribution in [0.1, 0.15) is 27.9 Å². The topological polar surface area (TPSA) is 184 Å². The minimum atomic E-state index is -4.84. The maximum absolute atomic E-state index is 13.5. The number of hydrogen-bond donors (Lipinski definition) is 6. The van der Waals surface area contributed by atoms with E-state index in [9.17, 15) is 48.0 Å². The summed E-state index contributed by atoms with van der Waals surface area (Å²) in [5.74, 6) is -9.59. The summed E-state index contributed by atoms with van der Waals surface area (Å²) in [5, 5.41) is 42.2. The molecule has 0 fully saturated rings. The Labute approximate surface area is 177 Å². The van der Waals surface area contributed by atoms with Crippen LogP contribution >= 0.6 is 0 Å². The highest BCUT2D eigenvalue weighted by molar-refractivity contribution is 6.24. The summed E-state index contributed by atoms with van der Waals surface area (Å²) >= 11 is 0. The molecule has 1 aromatic carbocycles. The summed E-state index contributed by atoms with van der Waals surface area (Å²) in [4.78, 5) is 37.6. The van der Waals surface area contributed by atoms with Gasteiger partial charge in [0, 0.05) is 11.5 Å². The van der Waals surface area contributed by atoms with Crippen molar-refractivity contribution in [2.75, 3.05) is 0 Å². The molecule has 9 nitrogen and oxygen atoms in total. The maximum atomic E-state index is 13.5. The van der Waals surface area contributed by atoms with Crippen molar-refractivity contribution in [2.24, 2.45) is 23.3 Å². The second kappa shape index (κ2) is 6.56. The minimum Gasteiger partial charge on any atom is -0.510 e. The highest BCUT2D eigenvalue weighted by atomic mass is 19.4. The van der Waals surface area contributed by atoms with Crippen molar-refractivity contribution in [3.05, 3.63) is 51.5 Å². The Morgan fingerprint density at radius 2 is 1.78 bits per heavy atom. The Balaban J connectivity index is 1.96. The molecule has 170 valence electrons. The molecule has 32 heavy (non-hydrogen) atoms. The SMILES string of the molecule is NC(=O)C1=C(O)[C@@H](N)[C@@H]2C[C@@H]3Cc4c(C(F)(F)F)ccc(O)c4C(=O)C3=C(O)[C@]2(O)C1=O. The molecule has 0 aromatic heterocycles. The molecule has 0 heterocycles. The second-order valence-electron chi connectivity index (χ2n) is 8.06. The first kappa shape index (κ1) is 21.8. The molecule has 0 saturated carbocycles. The zero-order valence-electron chi connectivity index (χ0n) is 16.1. The Kier molecular flexibility index (Phi) is 4.48. The first-order chi connectivity index (χ1) is 14.7. The Morgan fingerprint density at radius 3 is 2.34 bits per heavy atom. The zero-order valence-corrected chi connectivity index (χ0v) is 16.1.